The number of fused-ring (bicyclic) bond motifs is 1. The summed E-state index contributed by atoms with van der Waals surface area (Å²) >= 11 is 0. The van der Waals surface area contributed by atoms with Gasteiger partial charge in [0, 0.05) is 19.1 Å². The first-order chi connectivity index (χ1) is 8.14. The van der Waals surface area contributed by atoms with Crippen molar-refractivity contribution in [3.05, 3.63) is 35.4 Å². The molecule has 3 rings (SSSR count). The second kappa shape index (κ2) is 4.10. The van der Waals surface area contributed by atoms with E-state index >= 15 is 0 Å². The van der Waals surface area contributed by atoms with E-state index in [9.17, 15) is 8.42 Å². The molecule has 2 aliphatic rings. The van der Waals surface area contributed by atoms with Gasteiger partial charge in [-0.1, -0.05) is 24.3 Å². The molecule has 1 aromatic rings. The van der Waals surface area contributed by atoms with E-state index in [0.29, 0.717) is 30.6 Å². The maximum Gasteiger partial charge on any atom is 0.152 e. The Bertz CT molecular complexity index is 485. The van der Waals surface area contributed by atoms with Gasteiger partial charge in [-0.05, 0) is 24.0 Å². The van der Waals surface area contributed by atoms with Crippen molar-refractivity contribution in [3.63, 3.8) is 0 Å². The largest absolute Gasteiger partial charge is 0.298 e. The normalized spacial score (nSPS) is 24.7. The topological polar surface area (TPSA) is 37.4 Å². The van der Waals surface area contributed by atoms with Gasteiger partial charge in [-0.25, -0.2) is 8.42 Å². The summed E-state index contributed by atoms with van der Waals surface area (Å²) < 4.78 is 22.8. The zero-order chi connectivity index (χ0) is 11.9. The minimum Gasteiger partial charge on any atom is -0.298 e. The lowest BCUT2D eigenvalue weighted by molar-refractivity contribution is 0.218. The van der Waals surface area contributed by atoms with Crippen LogP contribution in [0.15, 0.2) is 24.3 Å². The van der Waals surface area contributed by atoms with Gasteiger partial charge in [-0.2, -0.15) is 0 Å². The molecule has 1 aromatic carbocycles. The molecular formula is C13H17NO2S. The first-order valence-electron chi connectivity index (χ1n) is 6.15. The number of rotatable bonds is 1. The maximum atomic E-state index is 11.4. The smallest absolute Gasteiger partial charge is 0.152 e. The van der Waals surface area contributed by atoms with Gasteiger partial charge in [0.2, 0.25) is 0 Å². The quantitative estimate of drug-likeness (QED) is 0.744. The Hall–Kier alpha value is -0.870. The van der Waals surface area contributed by atoms with E-state index in [1.54, 1.807) is 0 Å². The molecule has 3 nitrogen and oxygen atoms in total. The number of nitrogens with zero attached hydrogens (tertiary/aromatic N) is 1. The summed E-state index contributed by atoms with van der Waals surface area (Å²) in [5.41, 5.74) is 2.87. The highest BCUT2D eigenvalue weighted by Crippen LogP contribution is 2.26. The number of sulfone groups is 1. The van der Waals surface area contributed by atoms with E-state index in [4.69, 9.17) is 0 Å². The Labute approximate surface area is 102 Å². The van der Waals surface area contributed by atoms with Crippen LogP contribution >= 0.6 is 0 Å². The SMILES string of the molecule is O=S1(=O)CCN(C2Cc3ccccc3C2)CC1. The van der Waals surface area contributed by atoms with Gasteiger partial charge in [0.15, 0.2) is 9.84 Å². The highest BCUT2D eigenvalue weighted by molar-refractivity contribution is 7.91. The van der Waals surface area contributed by atoms with Crippen molar-refractivity contribution in [2.45, 2.75) is 18.9 Å². The predicted octanol–water partition coefficient (Wildman–Crippen LogP) is 0.884. The van der Waals surface area contributed by atoms with E-state index < -0.39 is 9.84 Å². The number of benzene rings is 1. The van der Waals surface area contributed by atoms with E-state index in [-0.39, 0.29) is 0 Å². The molecule has 0 spiro atoms. The van der Waals surface area contributed by atoms with Crippen molar-refractivity contribution in [3.8, 4) is 0 Å². The average molecular weight is 251 g/mol. The Morgan fingerprint density at radius 1 is 1.00 bits per heavy atom. The molecule has 0 bridgehead atoms. The van der Waals surface area contributed by atoms with Crippen molar-refractivity contribution < 1.29 is 8.42 Å². The van der Waals surface area contributed by atoms with Gasteiger partial charge in [0.1, 0.15) is 0 Å². The van der Waals surface area contributed by atoms with Crippen molar-refractivity contribution in [1.82, 2.24) is 4.90 Å². The molecule has 92 valence electrons. The molecule has 1 fully saturated rings. The Kier molecular flexibility index (Phi) is 2.71. The monoisotopic (exact) mass is 251 g/mol. The molecule has 1 heterocycles. The molecule has 1 aliphatic heterocycles. The van der Waals surface area contributed by atoms with E-state index in [2.05, 4.69) is 29.2 Å². The van der Waals surface area contributed by atoms with Crippen molar-refractivity contribution >= 4 is 9.84 Å². The summed E-state index contributed by atoms with van der Waals surface area (Å²) in [6.07, 6.45) is 2.16. The fourth-order valence-electron chi connectivity index (χ4n) is 2.89. The van der Waals surface area contributed by atoms with Crippen molar-refractivity contribution in [2.75, 3.05) is 24.6 Å². The van der Waals surface area contributed by atoms with E-state index in [1.807, 2.05) is 0 Å². The molecule has 1 saturated heterocycles. The van der Waals surface area contributed by atoms with Crippen LogP contribution in [-0.4, -0.2) is 44.0 Å². The first kappa shape index (κ1) is 11.2. The van der Waals surface area contributed by atoms with Gasteiger partial charge in [-0.15, -0.1) is 0 Å². The summed E-state index contributed by atoms with van der Waals surface area (Å²) in [7, 11) is -2.75. The van der Waals surface area contributed by atoms with Crippen LogP contribution in [0.4, 0.5) is 0 Å². The minimum absolute atomic E-state index is 0.333. The third-order valence-electron chi connectivity index (χ3n) is 3.92. The van der Waals surface area contributed by atoms with Gasteiger partial charge in [0.25, 0.3) is 0 Å². The lowest BCUT2D eigenvalue weighted by Gasteiger charge is -2.31. The van der Waals surface area contributed by atoms with Gasteiger partial charge in [-0.3, -0.25) is 4.90 Å². The number of hydrogen-bond acceptors (Lipinski definition) is 3. The van der Waals surface area contributed by atoms with Crippen LogP contribution < -0.4 is 0 Å². The molecule has 0 atom stereocenters. The van der Waals surface area contributed by atoms with Gasteiger partial charge >= 0.3 is 0 Å². The summed E-state index contributed by atoms with van der Waals surface area (Å²) in [5.74, 6) is 0.666. The average Bonchev–Trinajstić information content (AvgIpc) is 2.72. The Morgan fingerprint density at radius 3 is 2.06 bits per heavy atom. The summed E-state index contributed by atoms with van der Waals surface area (Å²) in [5, 5.41) is 0. The predicted molar refractivity (Wildman–Crippen MR) is 67.9 cm³/mol. The molecule has 1 aliphatic carbocycles. The van der Waals surface area contributed by atoms with Gasteiger partial charge in [0.05, 0.1) is 11.5 Å². The van der Waals surface area contributed by atoms with Crippen LogP contribution in [0.1, 0.15) is 11.1 Å². The second-order valence-electron chi connectivity index (χ2n) is 5.02. The van der Waals surface area contributed by atoms with E-state index in [0.717, 1.165) is 12.8 Å². The van der Waals surface area contributed by atoms with Gasteiger partial charge < -0.3 is 0 Å². The summed E-state index contributed by atoms with van der Waals surface area (Å²) in [6, 6.07) is 9.07. The summed E-state index contributed by atoms with van der Waals surface area (Å²) in [6.45, 7) is 1.42. The fourth-order valence-corrected chi connectivity index (χ4v) is 4.12. The second-order valence-corrected chi connectivity index (χ2v) is 7.32. The molecule has 17 heavy (non-hydrogen) atoms. The molecule has 0 N–H and O–H groups in total. The van der Waals surface area contributed by atoms with Crippen LogP contribution in [0.3, 0.4) is 0 Å². The van der Waals surface area contributed by atoms with Crippen LogP contribution in [0.2, 0.25) is 0 Å². The standard InChI is InChI=1S/C13H17NO2S/c15-17(16)7-5-14(6-8-17)13-9-11-3-1-2-4-12(11)10-13/h1-4,13H,5-10H2. The Balaban J connectivity index is 1.70. The van der Waals surface area contributed by atoms with Crippen LogP contribution in [0.5, 0.6) is 0 Å². The first-order valence-corrected chi connectivity index (χ1v) is 7.97. The molecule has 0 radical (unpaired) electrons. The third-order valence-corrected chi connectivity index (χ3v) is 5.53. The maximum absolute atomic E-state index is 11.4. The fraction of sp³-hybridized carbons (Fsp3) is 0.538. The molecule has 0 amide bonds. The van der Waals surface area contributed by atoms with Crippen LogP contribution in [-0.2, 0) is 22.7 Å². The van der Waals surface area contributed by atoms with Crippen LogP contribution in [0.25, 0.3) is 0 Å². The lowest BCUT2D eigenvalue weighted by Crippen LogP contribution is -2.46. The summed E-state index contributed by atoms with van der Waals surface area (Å²) in [4.78, 5) is 2.35. The molecule has 4 heteroatoms. The molecule has 0 aromatic heterocycles. The Morgan fingerprint density at radius 2 is 1.53 bits per heavy atom. The highest BCUT2D eigenvalue weighted by Gasteiger charge is 2.30. The zero-order valence-electron chi connectivity index (χ0n) is 9.80. The van der Waals surface area contributed by atoms with E-state index in [1.165, 1.54) is 11.1 Å². The van der Waals surface area contributed by atoms with Crippen molar-refractivity contribution in [1.29, 1.82) is 0 Å². The van der Waals surface area contributed by atoms with Crippen LogP contribution in [0, 0.1) is 0 Å². The highest BCUT2D eigenvalue weighted by atomic mass is 32.2. The van der Waals surface area contributed by atoms with Crippen molar-refractivity contribution in [2.24, 2.45) is 0 Å². The zero-order valence-corrected chi connectivity index (χ0v) is 10.6. The third kappa shape index (κ3) is 2.24. The molecular weight excluding hydrogens is 234 g/mol. The minimum atomic E-state index is -2.75. The molecule has 0 unspecified atom stereocenters. The lowest BCUT2D eigenvalue weighted by atomic mass is 10.1. The molecule has 0 saturated carbocycles. The number of hydrogen-bond donors (Lipinski definition) is 0.